The second-order valence-corrected chi connectivity index (χ2v) is 11.7. The monoisotopic (exact) mass is 607 g/mol. The van der Waals surface area contributed by atoms with Crippen molar-refractivity contribution in [1.82, 2.24) is 19.5 Å². The van der Waals surface area contributed by atoms with Crippen molar-refractivity contribution in [3.05, 3.63) is 89.5 Å². The summed E-state index contributed by atoms with van der Waals surface area (Å²) in [6.07, 6.45) is 3.20. The number of carbonyl (C=O) groups excluding carboxylic acids is 2. The fourth-order valence-electron chi connectivity index (χ4n) is 5.21. The predicted molar refractivity (Wildman–Crippen MR) is 167 cm³/mol. The van der Waals surface area contributed by atoms with E-state index in [-0.39, 0.29) is 17.2 Å². The number of nitrogens with one attached hydrogen (secondary N) is 1. The summed E-state index contributed by atoms with van der Waals surface area (Å²) >= 11 is 0. The molecule has 12 heteroatoms. The Hall–Kier alpha value is -5.70. The van der Waals surface area contributed by atoms with E-state index in [4.69, 9.17) is 15.8 Å². The number of nitrogens with zero attached hydrogens (tertiary/aromatic N) is 5. The number of imidazole rings is 1. The van der Waals surface area contributed by atoms with Crippen LogP contribution >= 0.6 is 0 Å². The molecule has 0 aliphatic carbocycles. The van der Waals surface area contributed by atoms with Crippen LogP contribution in [-0.4, -0.2) is 54.8 Å². The van der Waals surface area contributed by atoms with Crippen molar-refractivity contribution in [3.8, 4) is 28.5 Å². The zero-order valence-corrected chi connectivity index (χ0v) is 25.2. The van der Waals surface area contributed by atoms with Crippen molar-refractivity contribution in [2.45, 2.75) is 51.7 Å². The maximum atomic E-state index is 13.1. The summed E-state index contributed by atoms with van der Waals surface area (Å²) in [5, 5.41) is 21.9. The number of pyridine rings is 1. The fraction of sp³-hybridized carbons (Fsp3) is 0.273. The molecular weight excluding hydrogens is 574 g/mol. The molecule has 1 fully saturated rings. The summed E-state index contributed by atoms with van der Waals surface area (Å²) in [5.41, 5.74) is 2.17. The number of nitrogens with two attached hydrogens (primary N) is 1. The first-order valence-corrected chi connectivity index (χ1v) is 14.4. The van der Waals surface area contributed by atoms with Gasteiger partial charge in [-0.3, -0.25) is 9.69 Å². The third kappa shape index (κ3) is 6.78. The van der Waals surface area contributed by atoms with Crippen LogP contribution in [-0.2, 0) is 4.74 Å². The van der Waals surface area contributed by atoms with Gasteiger partial charge in [0.2, 0.25) is 0 Å². The van der Waals surface area contributed by atoms with Gasteiger partial charge in [-0.15, -0.1) is 0 Å². The lowest BCUT2D eigenvalue weighted by Crippen LogP contribution is -2.43. The number of nitriles is 1. The summed E-state index contributed by atoms with van der Waals surface area (Å²) in [7, 11) is 0. The molecule has 12 nitrogen and oxygen atoms in total. The molecule has 0 unspecified atom stereocenters. The average Bonchev–Trinajstić information content (AvgIpc) is 3.37. The molecule has 0 spiro atoms. The van der Waals surface area contributed by atoms with Crippen LogP contribution < -0.4 is 11.2 Å². The lowest BCUT2D eigenvalue weighted by atomic mass is 10.0. The first kappa shape index (κ1) is 30.7. The summed E-state index contributed by atoms with van der Waals surface area (Å²) in [6.45, 7) is 5.77. The van der Waals surface area contributed by atoms with Gasteiger partial charge in [0.15, 0.2) is 11.5 Å². The fourth-order valence-corrected chi connectivity index (χ4v) is 5.21. The van der Waals surface area contributed by atoms with Crippen molar-refractivity contribution in [2.24, 2.45) is 0 Å². The van der Waals surface area contributed by atoms with Crippen molar-refractivity contribution in [2.75, 3.05) is 17.7 Å². The summed E-state index contributed by atoms with van der Waals surface area (Å²) in [4.78, 5) is 48.8. The van der Waals surface area contributed by atoms with E-state index in [1.54, 1.807) is 80.4 Å². The number of aromatic nitrogens is 3. The van der Waals surface area contributed by atoms with E-state index in [0.717, 1.165) is 28.6 Å². The highest BCUT2D eigenvalue weighted by Gasteiger charge is 2.36. The Bertz CT molecular complexity index is 1780. The number of piperidine rings is 1. The Morgan fingerprint density at radius 3 is 2.36 bits per heavy atom. The molecule has 1 atom stereocenters. The first-order chi connectivity index (χ1) is 21.4. The van der Waals surface area contributed by atoms with Gasteiger partial charge in [-0.1, -0.05) is 24.3 Å². The maximum absolute atomic E-state index is 13.1. The molecule has 5 rings (SSSR count). The molecule has 45 heavy (non-hydrogen) atoms. The Balaban J connectivity index is 1.38. The maximum Gasteiger partial charge on any atom is 0.410 e. The largest absolute Gasteiger partial charge is 0.476 e. The molecule has 4 N–H and O–H groups in total. The smallest absolute Gasteiger partial charge is 0.410 e. The summed E-state index contributed by atoms with van der Waals surface area (Å²) < 4.78 is 6.62. The average molecular weight is 608 g/mol. The molecule has 2 aromatic heterocycles. The number of aromatic carboxylic acids is 1. The van der Waals surface area contributed by atoms with Crippen LogP contribution in [0.1, 0.15) is 78.3 Å². The summed E-state index contributed by atoms with van der Waals surface area (Å²) in [6, 6.07) is 18.4. The van der Waals surface area contributed by atoms with Gasteiger partial charge in [0.1, 0.15) is 17.1 Å². The number of likely N-dealkylation sites (tertiary alicyclic amines) is 1. The number of hydrogen-bond donors (Lipinski definition) is 3. The van der Waals surface area contributed by atoms with Gasteiger partial charge >= 0.3 is 12.1 Å². The molecule has 1 saturated heterocycles. The minimum atomic E-state index is -1.28. The SMILES string of the molecule is CC(C)(C)OC(=O)N1CCCC[C@H]1c1nc(-c2ccc(C(=O)Nc3cc(-c4ccc(C#N)cc4)ccn3)cc2)c(C(=O)O)n1N. The van der Waals surface area contributed by atoms with Gasteiger partial charge in [-0.25, -0.2) is 24.2 Å². The van der Waals surface area contributed by atoms with Gasteiger partial charge in [0, 0.05) is 23.9 Å². The molecule has 1 aliphatic heterocycles. The van der Waals surface area contributed by atoms with Crippen molar-refractivity contribution >= 4 is 23.8 Å². The molecule has 0 saturated carbocycles. The number of rotatable bonds is 6. The number of ether oxygens (including phenoxy) is 1. The second-order valence-electron chi connectivity index (χ2n) is 11.7. The number of carboxylic acids is 1. The van der Waals surface area contributed by atoms with Crippen LogP contribution in [0.4, 0.5) is 10.6 Å². The predicted octanol–water partition coefficient (Wildman–Crippen LogP) is 5.61. The van der Waals surface area contributed by atoms with Crippen molar-refractivity contribution in [1.29, 1.82) is 5.26 Å². The minimum Gasteiger partial charge on any atom is -0.476 e. The molecule has 4 aromatic rings. The van der Waals surface area contributed by atoms with E-state index in [2.05, 4.69) is 21.4 Å². The lowest BCUT2D eigenvalue weighted by molar-refractivity contribution is 0.00821. The van der Waals surface area contributed by atoms with Crippen LogP contribution in [0.15, 0.2) is 66.9 Å². The van der Waals surface area contributed by atoms with E-state index < -0.39 is 29.6 Å². The number of nitrogen functional groups attached to an aromatic ring is 1. The Morgan fingerprint density at radius 2 is 1.71 bits per heavy atom. The highest BCUT2D eigenvalue weighted by atomic mass is 16.6. The minimum absolute atomic E-state index is 0.124. The number of benzene rings is 2. The van der Waals surface area contributed by atoms with E-state index in [1.165, 1.54) is 0 Å². The van der Waals surface area contributed by atoms with E-state index in [9.17, 15) is 19.5 Å². The molecule has 230 valence electrons. The van der Waals surface area contributed by atoms with E-state index >= 15 is 0 Å². The summed E-state index contributed by atoms with van der Waals surface area (Å²) in [5.74, 6) is 5.19. The first-order valence-electron chi connectivity index (χ1n) is 14.4. The zero-order valence-electron chi connectivity index (χ0n) is 25.2. The number of carboxylic acid groups (broad SMARTS) is 1. The standard InChI is InChI=1S/C33H33N7O5/c1-33(2,3)45-32(44)39-17-5-4-6-25(39)29-38-27(28(31(42)43)40(29)35)22-11-13-23(14-12-22)30(41)37-26-18-24(15-16-36-26)21-9-7-20(19-34)8-10-21/h7-16,18,25H,4-6,17,35H2,1-3H3,(H,42,43)(H,36,37,41)/t25-/m0/s1. The topological polar surface area (TPSA) is 176 Å². The number of amides is 2. The number of anilines is 1. The van der Waals surface area contributed by atoms with Gasteiger partial charge in [0.05, 0.1) is 17.7 Å². The zero-order chi connectivity index (χ0) is 32.3. The molecule has 3 heterocycles. The van der Waals surface area contributed by atoms with Gasteiger partial charge in [-0.05, 0) is 87.6 Å². The van der Waals surface area contributed by atoms with Gasteiger partial charge in [0.25, 0.3) is 5.91 Å². The van der Waals surface area contributed by atoms with Gasteiger partial charge < -0.3 is 21.0 Å². The van der Waals surface area contributed by atoms with Gasteiger partial charge in [-0.2, -0.15) is 5.26 Å². The Morgan fingerprint density at radius 1 is 1.02 bits per heavy atom. The van der Waals surface area contributed by atoms with Crippen LogP contribution in [0.3, 0.4) is 0 Å². The number of carbonyl (C=O) groups is 3. The quantitative estimate of drug-likeness (QED) is 0.235. The van der Waals surface area contributed by atoms with Crippen LogP contribution in [0.25, 0.3) is 22.4 Å². The molecule has 2 amide bonds. The lowest BCUT2D eigenvalue weighted by Gasteiger charge is -2.36. The van der Waals surface area contributed by atoms with Crippen LogP contribution in [0, 0.1) is 11.3 Å². The van der Waals surface area contributed by atoms with Crippen LogP contribution in [0.5, 0.6) is 0 Å². The third-order valence-corrected chi connectivity index (χ3v) is 7.34. The second kappa shape index (κ2) is 12.5. The highest BCUT2D eigenvalue weighted by molar-refractivity contribution is 6.04. The van der Waals surface area contributed by atoms with E-state index in [1.807, 2.05) is 12.1 Å². The molecule has 0 radical (unpaired) electrons. The third-order valence-electron chi connectivity index (χ3n) is 7.34. The Kier molecular flexibility index (Phi) is 8.54. The van der Waals surface area contributed by atoms with Crippen LogP contribution in [0.2, 0.25) is 0 Å². The van der Waals surface area contributed by atoms with E-state index in [0.29, 0.717) is 35.5 Å². The normalized spacial score (nSPS) is 14.8. The molecule has 2 aromatic carbocycles. The molecular formula is C33H33N7O5. The number of hydrogen-bond acceptors (Lipinski definition) is 8. The highest BCUT2D eigenvalue weighted by Crippen LogP contribution is 2.34. The molecule has 1 aliphatic rings. The van der Waals surface area contributed by atoms with Crippen molar-refractivity contribution < 1.29 is 24.2 Å². The molecule has 0 bridgehead atoms. The Labute approximate surface area is 260 Å². The van der Waals surface area contributed by atoms with Crippen molar-refractivity contribution in [3.63, 3.8) is 0 Å².